The van der Waals surface area contributed by atoms with Crippen molar-refractivity contribution >= 4 is 59.0 Å². The number of carbonyl (C=O) groups is 1. The molecule has 0 saturated carbocycles. The average molecular weight is 785 g/mol. The first-order chi connectivity index (χ1) is 23.5. The Balaban J connectivity index is 1.52. The van der Waals surface area contributed by atoms with E-state index in [9.17, 15) is 9.90 Å². The van der Waals surface area contributed by atoms with Crippen molar-refractivity contribution in [2.24, 2.45) is 11.3 Å². The lowest BCUT2D eigenvalue weighted by molar-refractivity contribution is -0.114. The molecule has 16 heteroatoms. The Kier molecular flexibility index (Phi) is 12.1. The van der Waals surface area contributed by atoms with Crippen LogP contribution in [0.4, 0.5) is 10.6 Å². The summed E-state index contributed by atoms with van der Waals surface area (Å²) in [5.74, 6) is 1.46. The molecular formula is C33H39BrClN7O5Si2. The van der Waals surface area contributed by atoms with Crippen molar-refractivity contribution in [3.05, 3.63) is 70.1 Å². The van der Waals surface area contributed by atoms with Gasteiger partial charge in [0.05, 0.1) is 41.5 Å². The number of anilines is 1. The van der Waals surface area contributed by atoms with Crippen molar-refractivity contribution in [3.8, 4) is 28.5 Å². The Morgan fingerprint density at radius 2 is 1.96 bits per heavy atom. The Bertz CT molecular complexity index is 1750. The van der Waals surface area contributed by atoms with Gasteiger partial charge in [-0.2, -0.15) is 5.10 Å². The summed E-state index contributed by atoms with van der Waals surface area (Å²) < 4.78 is 18.4. The molecule has 3 aromatic heterocycles. The van der Waals surface area contributed by atoms with Crippen LogP contribution in [0.25, 0.3) is 22.8 Å². The van der Waals surface area contributed by atoms with Crippen molar-refractivity contribution in [3.63, 3.8) is 0 Å². The number of nitrogens with one attached hydrogen (secondary N) is 1. The van der Waals surface area contributed by atoms with Gasteiger partial charge in [-0.25, -0.2) is 14.8 Å². The first kappa shape index (κ1) is 36.9. The van der Waals surface area contributed by atoms with Crippen molar-refractivity contribution < 1.29 is 23.5 Å². The maximum atomic E-state index is 11.8. The van der Waals surface area contributed by atoms with E-state index in [1.807, 2.05) is 52.2 Å². The van der Waals surface area contributed by atoms with E-state index in [0.29, 0.717) is 40.6 Å². The number of H-pyrrole nitrogens is 1. The van der Waals surface area contributed by atoms with Gasteiger partial charge >= 0.3 is 6.09 Å². The molecule has 12 nitrogen and oxygen atoms in total. The SMILES string of the molecule is C[Si]OC(O[Si]C)C(C)(C)[C@H](COc1ccc(Cl)c(-c2nc(-c3[nH]ncc3CBr)c(C)c(N3Cc4cccnc4C3)n2)c1)CN(C)C(=O)O. The number of fused-ring (bicyclic) bond motifs is 1. The third-order valence-electron chi connectivity index (χ3n) is 8.76. The van der Waals surface area contributed by atoms with Crippen LogP contribution in [0.5, 0.6) is 5.75 Å². The van der Waals surface area contributed by atoms with Crippen LogP contribution in [0.3, 0.4) is 0 Å². The van der Waals surface area contributed by atoms with Gasteiger partial charge in [0.2, 0.25) is 19.5 Å². The number of ether oxygens (including phenoxy) is 1. The number of hydrogen-bond acceptors (Lipinski definition) is 9. The molecule has 0 saturated heterocycles. The smallest absolute Gasteiger partial charge is 0.407 e. The molecule has 0 spiro atoms. The highest BCUT2D eigenvalue weighted by molar-refractivity contribution is 9.08. The molecular weight excluding hydrogens is 746 g/mol. The molecule has 2 N–H and O–H groups in total. The zero-order chi connectivity index (χ0) is 35.3. The summed E-state index contributed by atoms with van der Waals surface area (Å²) in [4.78, 5) is 30.0. The van der Waals surface area contributed by atoms with Gasteiger partial charge in [-0.1, -0.05) is 47.4 Å². The Morgan fingerprint density at radius 3 is 2.63 bits per heavy atom. The molecule has 1 aliphatic heterocycles. The van der Waals surface area contributed by atoms with Crippen molar-refractivity contribution in [1.29, 1.82) is 0 Å². The maximum Gasteiger partial charge on any atom is 0.407 e. The predicted octanol–water partition coefficient (Wildman–Crippen LogP) is 6.63. The zero-order valence-electron chi connectivity index (χ0n) is 28.3. The Morgan fingerprint density at radius 1 is 1.20 bits per heavy atom. The van der Waals surface area contributed by atoms with Crippen LogP contribution in [-0.2, 0) is 27.3 Å². The van der Waals surface area contributed by atoms with Crippen molar-refractivity contribution in [2.45, 2.75) is 58.6 Å². The molecule has 0 bridgehead atoms. The highest BCUT2D eigenvalue weighted by atomic mass is 79.9. The predicted molar refractivity (Wildman–Crippen MR) is 194 cm³/mol. The van der Waals surface area contributed by atoms with E-state index in [1.165, 1.54) is 4.90 Å². The second-order valence-corrected chi connectivity index (χ2v) is 14.6. The van der Waals surface area contributed by atoms with E-state index in [-0.39, 0.29) is 38.6 Å². The number of halogens is 2. The molecule has 49 heavy (non-hydrogen) atoms. The van der Waals surface area contributed by atoms with E-state index in [4.69, 9.17) is 35.2 Å². The molecule has 1 aliphatic rings. The zero-order valence-corrected chi connectivity index (χ0v) is 32.6. The highest BCUT2D eigenvalue weighted by Gasteiger charge is 2.40. The number of alkyl halides is 1. The summed E-state index contributed by atoms with van der Waals surface area (Å²) >= 11 is 10.4. The van der Waals surface area contributed by atoms with Crippen LogP contribution in [0.2, 0.25) is 18.1 Å². The number of nitrogens with zero attached hydrogens (tertiary/aromatic N) is 6. The number of aromatic amines is 1. The van der Waals surface area contributed by atoms with Gasteiger partial charge in [-0.15, -0.1) is 0 Å². The molecule has 258 valence electrons. The van der Waals surface area contributed by atoms with Crippen LogP contribution < -0.4 is 9.64 Å². The summed E-state index contributed by atoms with van der Waals surface area (Å²) in [5, 5.41) is 18.2. The standard InChI is InChI=1S/C33H39BrClN7O5Si2/c1-19-27(28-21(13-34)14-37-40-28)38-29(39-30(19)42-15-20-8-7-11-36-26(20)17-42)24-12-23(9-10-25(24)35)45-18-22(16-41(4)32(43)44)33(2,3)31(46-48-5)47-49-6/h7-12,14,22,31H,13,15-18H2,1-6H3,(H,37,40)(H,43,44)/t22-/m0/s1. The van der Waals surface area contributed by atoms with Gasteiger partial charge in [0, 0.05) is 59.7 Å². The van der Waals surface area contributed by atoms with E-state index >= 15 is 0 Å². The summed E-state index contributed by atoms with van der Waals surface area (Å²) in [6.45, 7) is 11.6. The molecule has 5 rings (SSSR count). The molecule has 4 aromatic rings. The van der Waals surface area contributed by atoms with Crippen LogP contribution in [0.1, 0.15) is 36.2 Å². The number of aromatic nitrogens is 5. The van der Waals surface area contributed by atoms with Crippen LogP contribution in [-0.4, -0.2) is 87.3 Å². The lowest BCUT2D eigenvalue weighted by Crippen LogP contribution is -2.48. The molecule has 1 amide bonds. The first-order valence-electron chi connectivity index (χ1n) is 15.6. The van der Waals surface area contributed by atoms with Gasteiger partial charge in [0.15, 0.2) is 5.82 Å². The minimum atomic E-state index is -1.02. The topological polar surface area (TPSA) is 139 Å². The molecule has 4 radical (unpaired) electrons. The second kappa shape index (κ2) is 16.1. The van der Waals surface area contributed by atoms with Gasteiger partial charge < -0.3 is 28.5 Å². The van der Waals surface area contributed by atoms with Gasteiger partial charge in [0.1, 0.15) is 17.9 Å². The number of carboxylic acid groups (broad SMARTS) is 1. The molecule has 0 aliphatic carbocycles. The quantitative estimate of drug-likeness (QED) is 0.0768. The average Bonchev–Trinajstić information content (AvgIpc) is 3.74. The maximum absolute atomic E-state index is 11.8. The second-order valence-electron chi connectivity index (χ2n) is 12.3. The molecule has 0 fully saturated rings. The van der Waals surface area contributed by atoms with Crippen LogP contribution in [0.15, 0.2) is 42.7 Å². The van der Waals surface area contributed by atoms with Crippen molar-refractivity contribution in [2.75, 3.05) is 25.1 Å². The van der Waals surface area contributed by atoms with Crippen molar-refractivity contribution in [1.82, 2.24) is 30.0 Å². The third-order valence-corrected chi connectivity index (χ3v) is 10.6. The lowest BCUT2D eigenvalue weighted by atomic mass is 9.78. The van der Waals surface area contributed by atoms with E-state index in [2.05, 4.69) is 42.1 Å². The summed E-state index contributed by atoms with van der Waals surface area (Å²) in [7, 11) is 1.96. The lowest BCUT2D eigenvalue weighted by Gasteiger charge is -2.41. The number of rotatable bonds is 15. The summed E-state index contributed by atoms with van der Waals surface area (Å²) in [5.41, 5.74) is 5.56. The Hall–Kier alpha value is -3.35. The number of hydrogen-bond donors (Lipinski definition) is 2. The molecule has 1 atom stereocenters. The number of amides is 1. The monoisotopic (exact) mass is 783 g/mol. The number of pyridine rings is 1. The van der Waals surface area contributed by atoms with Crippen LogP contribution in [0, 0.1) is 18.3 Å². The fraction of sp³-hybridized carbons (Fsp3) is 0.424. The van der Waals surface area contributed by atoms with E-state index in [1.54, 1.807) is 25.4 Å². The third kappa shape index (κ3) is 8.18. The van der Waals surface area contributed by atoms with Gasteiger partial charge in [-0.3, -0.25) is 10.1 Å². The largest absolute Gasteiger partial charge is 0.493 e. The van der Waals surface area contributed by atoms with Gasteiger partial charge in [0.25, 0.3) is 0 Å². The molecule has 0 unspecified atom stereocenters. The summed E-state index contributed by atoms with van der Waals surface area (Å²) in [6.07, 6.45) is 2.03. The fourth-order valence-electron chi connectivity index (χ4n) is 5.75. The molecule has 1 aromatic carbocycles. The summed E-state index contributed by atoms with van der Waals surface area (Å²) in [6, 6.07) is 9.42. The normalized spacial score (nSPS) is 13.5. The van der Waals surface area contributed by atoms with E-state index < -0.39 is 17.8 Å². The minimum absolute atomic E-state index is 0.196. The minimum Gasteiger partial charge on any atom is -0.493 e. The van der Waals surface area contributed by atoms with Gasteiger partial charge in [-0.05, 0) is 49.8 Å². The number of benzene rings is 1. The van der Waals surface area contributed by atoms with Crippen LogP contribution >= 0.6 is 27.5 Å². The highest BCUT2D eigenvalue weighted by Crippen LogP contribution is 2.39. The fourth-order valence-corrected chi connectivity index (χ4v) is 7.61. The first-order valence-corrected chi connectivity index (χ1v) is 20.0. The van der Waals surface area contributed by atoms with E-state index in [0.717, 1.165) is 39.6 Å². The Labute approximate surface area is 305 Å². The molecule has 4 heterocycles.